The number of nitrogens with zero attached hydrogens (tertiary/aromatic N) is 3. The third-order valence-electron chi connectivity index (χ3n) is 3.84. The summed E-state index contributed by atoms with van der Waals surface area (Å²) in [6.45, 7) is 8.45. The SMILES string of the molecule is CCN(CC)CCN=C1CN(C)C(=O)c2cc(Cl)ccc2N1.Cl.Cl. The summed E-state index contributed by atoms with van der Waals surface area (Å²) in [4.78, 5) is 21.0. The van der Waals surface area contributed by atoms with Crippen LogP contribution < -0.4 is 5.32 Å². The molecule has 5 nitrogen and oxygen atoms in total. The topological polar surface area (TPSA) is 47.9 Å². The minimum atomic E-state index is -0.0426. The van der Waals surface area contributed by atoms with E-state index >= 15 is 0 Å². The molecule has 1 aromatic rings. The number of aliphatic imine (C=N–C) groups is 1. The van der Waals surface area contributed by atoms with Crippen LogP contribution in [0.25, 0.3) is 0 Å². The van der Waals surface area contributed by atoms with Crippen LogP contribution in [0.5, 0.6) is 0 Å². The summed E-state index contributed by atoms with van der Waals surface area (Å²) >= 11 is 6.00. The van der Waals surface area contributed by atoms with Gasteiger partial charge >= 0.3 is 0 Å². The molecule has 0 spiro atoms. The zero-order valence-electron chi connectivity index (χ0n) is 14.2. The highest BCUT2D eigenvalue weighted by atomic mass is 35.5. The molecule has 0 radical (unpaired) electrons. The summed E-state index contributed by atoms with van der Waals surface area (Å²) in [7, 11) is 1.78. The van der Waals surface area contributed by atoms with E-state index in [9.17, 15) is 4.79 Å². The molecule has 0 fully saturated rings. The maximum Gasteiger partial charge on any atom is 0.256 e. The fraction of sp³-hybridized carbons (Fsp3) is 0.500. The van der Waals surface area contributed by atoms with Crippen molar-refractivity contribution >= 4 is 53.8 Å². The van der Waals surface area contributed by atoms with Gasteiger partial charge < -0.3 is 15.1 Å². The molecule has 0 unspecified atom stereocenters. The summed E-state index contributed by atoms with van der Waals surface area (Å²) < 4.78 is 0. The summed E-state index contributed by atoms with van der Waals surface area (Å²) in [6, 6.07) is 5.30. The second-order valence-electron chi connectivity index (χ2n) is 5.33. The monoisotopic (exact) mass is 394 g/mol. The number of carbonyl (C=O) groups is 1. The van der Waals surface area contributed by atoms with Crippen molar-refractivity contribution in [1.29, 1.82) is 0 Å². The number of nitrogens with one attached hydrogen (secondary N) is 1. The van der Waals surface area contributed by atoms with Crippen LogP contribution in [-0.2, 0) is 0 Å². The van der Waals surface area contributed by atoms with Crippen molar-refractivity contribution in [3.8, 4) is 0 Å². The van der Waals surface area contributed by atoms with Gasteiger partial charge in [0.1, 0.15) is 5.84 Å². The molecule has 1 aromatic carbocycles. The van der Waals surface area contributed by atoms with Gasteiger partial charge in [0.25, 0.3) is 5.91 Å². The first-order valence-electron chi connectivity index (χ1n) is 7.62. The lowest BCUT2D eigenvalue weighted by Gasteiger charge is -2.17. The van der Waals surface area contributed by atoms with Crippen molar-refractivity contribution < 1.29 is 4.79 Å². The molecule has 24 heavy (non-hydrogen) atoms. The number of hydrogen-bond donors (Lipinski definition) is 1. The Kier molecular flexibility index (Phi) is 10.3. The molecule has 0 bridgehead atoms. The molecule has 136 valence electrons. The molecular formula is C16H25Cl3N4O. The zero-order chi connectivity index (χ0) is 16.1. The number of benzene rings is 1. The van der Waals surface area contributed by atoms with E-state index in [0.29, 0.717) is 17.1 Å². The second-order valence-corrected chi connectivity index (χ2v) is 5.77. The molecule has 8 heteroatoms. The second kappa shape index (κ2) is 10.8. The summed E-state index contributed by atoms with van der Waals surface area (Å²) in [6.07, 6.45) is 0. The predicted octanol–water partition coefficient (Wildman–Crippen LogP) is 3.42. The highest BCUT2D eigenvalue weighted by Crippen LogP contribution is 2.24. The Morgan fingerprint density at radius 2 is 1.96 bits per heavy atom. The largest absolute Gasteiger partial charge is 0.342 e. The Balaban J connectivity index is 0.00000264. The van der Waals surface area contributed by atoms with Gasteiger partial charge in [-0.2, -0.15) is 0 Å². The average Bonchev–Trinajstić information content (AvgIpc) is 2.62. The van der Waals surface area contributed by atoms with E-state index in [1.54, 1.807) is 24.1 Å². The van der Waals surface area contributed by atoms with Crippen molar-refractivity contribution in [2.24, 2.45) is 4.99 Å². The zero-order valence-corrected chi connectivity index (χ0v) is 16.6. The summed E-state index contributed by atoms with van der Waals surface area (Å²) in [5.74, 6) is 0.767. The van der Waals surface area contributed by atoms with Crippen molar-refractivity contribution in [3.63, 3.8) is 0 Å². The van der Waals surface area contributed by atoms with Gasteiger partial charge in [-0.05, 0) is 31.3 Å². The molecule has 1 amide bonds. The maximum atomic E-state index is 12.4. The lowest BCUT2D eigenvalue weighted by atomic mass is 10.1. The molecule has 1 heterocycles. The number of carbonyl (C=O) groups excluding carboxylic acids is 1. The van der Waals surface area contributed by atoms with E-state index in [-0.39, 0.29) is 30.7 Å². The standard InChI is InChI=1S/C16H23ClN4O.2ClH/c1-4-21(5-2)9-8-18-15-11-20(3)16(22)13-10-12(17)6-7-14(13)19-15;;/h6-7,10H,4-5,8-9,11H2,1-3H3,(H,18,19);2*1H. The Labute approximate surface area is 161 Å². The quantitative estimate of drug-likeness (QED) is 0.831. The van der Waals surface area contributed by atoms with Crippen molar-refractivity contribution in [2.45, 2.75) is 13.8 Å². The molecule has 0 aromatic heterocycles. The average molecular weight is 396 g/mol. The van der Waals surface area contributed by atoms with Crippen LogP contribution in [0.1, 0.15) is 24.2 Å². The van der Waals surface area contributed by atoms with Crippen molar-refractivity contribution in [1.82, 2.24) is 9.80 Å². The Morgan fingerprint density at radius 3 is 2.58 bits per heavy atom. The van der Waals surface area contributed by atoms with Gasteiger partial charge in [-0.15, -0.1) is 24.8 Å². The molecular weight excluding hydrogens is 371 g/mol. The highest BCUT2D eigenvalue weighted by molar-refractivity contribution is 6.31. The molecule has 1 N–H and O–H groups in total. The molecule has 0 saturated carbocycles. The van der Waals surface area contributed by atoms with Crippen LogP contribution in [0.3, 0.4) is 0 Å². The van der Waals surface area contributed by atoms with E-state index in [1.165, 1.54) is 0 Å². The number of likely N-dealkylation sites (N-methyl/N-ethyl adjacent to an activating group) is 2. The van der Waals surface area contributed by atoms with Crippen molar-refractivity contribution in [3.05, 3.63) is 28.8 Å². The summed E-state index contributed by atoms with van der Waals surface area (Å²) in [5.41, 5.74) is 1.35. The van der Waals surface area contributed by atoms with Crippen LogP contribution in [-0.4, -0.2) is 61.3 Å². The number of amidine groups is 1. The lowest BCUT2D eigenvalue weighted by molar-refractivity contribution is 0.0817. The van der Waals surface area contributed by atoms with Gasteiger partial charge in [0.2, 0.25) is 0 Å². The molecule has 1 aliphatic rings. The Hall–Kier alpha value is -1.01. The third kappa shape index (κ3) is 5.81. The van der Waals surface area contributed by atoms with Crippen molar-refractivity contribution in [2.75, 3.05) is 45.1 Å². The number of amides is 1. The highest BCUT2D eigenvalue weighted by Gasteiger charge is 2.22. The number of hydrogen-bond acceptors (Lipinski definition) is 3. The fourth-order valence-corrected chi connectivity index (χ4v) is 2.63. The van der Waals surface area contributed by atoms with Crippen LogP contribution in [0, 0.1) is 0 Å². The Morgan fingerprint density at radius 1 is 1.29 bits per heavy atom. The van der Waals surface area contributed by atoms with Gasteiger partial charge in [0.05, 0.1) is 24.3 Å². The lowest BCUT2D eigenvalue weighted by Crippen LogP contribution is -2.32. The third-order valence-corrected chi connectivity index (χ3v) is 4.07. The molecule has 2 rings (SSSR count). The number of fused-ring (bicyclic) bond motifs is 1. The van der Waals surface area contributed by atoms with E-state index < -0.39 is 0 Å². The first-order chi connectivity index (χ1) is 10.5. The summed E-state index contributed by atoms with van der Waals surface area (Å²) in [5, 5.41) is 3.83. The normalized spacial score (nSPS) is 15.3. The first-order valence-corrected chi connectivity index (χ1v) is 8.00. The van der Waals surface area contributed by atoms with Crippen LogP contribution in [0.4, 0.5) is 5.69 Å². The fourth-order valence-electron chi connectivity index (χ4n) is 2.46. The van der Waals surface area contributed by atoms with Crippen LogP contribution in [0.15, 0.2) is 23.2 Å². The van der Waals surface area contributed by atoms with E-state index in [1.807, 2.05) is 6.07 Å². The predicted molar refractivity (Wildman–Crippen MR) is 107 cm³/mol. The van der Waals surface area contributed by atoms with E-state index in [2.05, 4.69) is 29.1 Å². The number of halogens is 3. The van der Waals surface area contributed by atoms with Crippen LogP contribution >= 0.6 is 36.4 Å². The molecule has 0 aliphatic carbocycles. The van der Waals surface area contributed by atoms with Gasteiger partial charge in [-0.25, -0.2) is 0 Å². The van der Waals surface area contributed by atoms with Gasteiger partial charge in [0.15, 0.2) is 0 Å². The van der Waals surface area contributed by atoms with Crippen LogP contribution in [0.2, 0.25) is 5.02 Å². The molecule has 1 aliphatic heterocycles. The number of anilines is 1. The van der Waals surface area contributed by atoms with E-state index in [0.717, 1.165) is 37.7 Å². The molecule has 0 saturated heterocycles. The molecule has 0 atom stereocenters. The van der Waals surface area contributed by atoms with Gasteiger partial charge in [-0.3, -0.25) is 9.79 Å². The van der Waals surface area contributed by atoms with E-state index in [4.69, 9.17) is 11.6 Å². The minimum absolute atomic E-state index is 0. The number of rotatable bonds is 5. The maximum absolute atomic E-state index is 12.4. The first kappa shape index (κ1) is 23.0. The smallest absolute Gasteiger partial charge is 0.256 e. The van der Waals surface area contributed by atoms with Gasteiger partial charge in [0, 0.05) is 18.6 Å². The minimum Gasteiger partial charge on any atom is -0.342 e. The Bertz CT molecular complexity index is 576. The van der Waals surface area contributed by atoms with Gasteiger partial charge in [-0.1, -0.05) is 25.4 Å².